The molecule has 0 aliphatic heterocycles. The fourth-order valence-corrected chi connectivity index (χ4v) is 1.30. The van der Waals surface area contributed by atoms with Gasteiger partial charge in [0.2, 0.25) is 0 Å². The largest absolute Gasteiger partial charge is 0.480 e. The predicted octanol–water partition coefficient (Wildman–Crippen LogP) is 1.07. The van der Waals surface area contributed by atoms with Crippen LogP contribution in [0.4, 0.5) is 5.69 Å². The van der Waals surface area contributed by atoms with Gasteiger partial charge < -0.3 is 16.2 Å². The van der Waals surface area contributed by atoms with Crippen LogP contribution in [0.25, 0.3) is 0 Å². The van der Waals surface area contributed by atoms with E-state index in [9.17, 15) is 4.79 Å². The van der Waals surface area contributed by atoms with Crippen molar-refractivity contribution in [2.75, 3.05) is 11.9 Å². The van der Waals surface area contributed by atoms with E-state index in [4.69, 9.17) is 10.8 Å². The van der Waals surface area contributed by atoms with Crippen LogP contribution in [-0.4, -0.2) is 23.7 Å². The molecule has 0 aliphatic rings. The maximum atomic E-state index is 10.5. The van der Waals surface area contributed by atoms with Gasteiger partial charge in [-0.1, -0.05) is 12.1 Å². The Morgan fingerprint density at radius 2 is 2.07 bits per heavy atom. The van der Waals surface area contributed by atoms with Crippen LogP contribution in [-0.2, 0) is 11.2 Å². The van der Waals surface area contributed by atoms with Crippen LogP contribution < -0.4 is 11.1 Å². The Bertz CT molecular complexity index is 322. The fraction of sp³-hybridized carbons (Fsp3) is 0.364. The molecule has 15 heavy (non-hydrogen) atoms. The van der Waals surface area contributed by atoms with Crippen molar-refractivity contribution < 1.29 is 9.90 Å². The number of carboxylic acid groups (broad SMARTS) is 1. The highest BCUT2D eigenvalue weighted by Crippen LogP contribution is 2.10. The summed E-state index contributed by atoms with van der Waals surface area (Å²) in [5.41, 5.74) is 7.40. The lowest BCUT2D eigenvalue weighted by Crippen LogP contribution is -2.32. The minimum Gasteiger partial charge on any atom is -0.480 e. The summed E-state index contributed by atoms with van der Waals surface area (Å²) in [5, 5.41) is 11.8. The van der Waals surface area contributed by atoms with E-state index in [1.165, 1.54) is 0 Å². The van der Waals surface area contributed by atoms with Crippen molar-refractivity contribution >= 4 is 11.7 Å². The lowest BCUT2D eigenvalue weighted by atomic mass is 10.1. The van der Waals surface area contributed by atoms with Crippen molar-refractivity contribution in [2.45, 2.75) is 19.4 Å². The van der Waals surface area contributed by atoms with Crippen molar-refractivity contribution in [3.63, 3.8) is 0 Å². The zero-order valence-corrected chi connectivity index (χ0v) is 8.73. The van der Waals surface area contributed by atoms with Gasteiger partial charge in [0.05, 0.1) is 0 Å². The Morgan fingerprint density at radius 1 is 1.47 bits per heavy atom. The van der Waals surface area contributed by atoms with Crippen molar-refractivity contribution in [1.82, 2.24) is 0 Å². The molecule has 0 saturated carbocycles. The third-order valence-corrected chi connectivity index (χ3v) is 2.11. The number of aliphatic carboxylic acids is 1. The van der Waals surface area contributed by atoms with Gasteiger partial charge in [0.25, 0.3) is 0 Å². The van der Waals surface area contributed by atoms with Gasteiger partial charge >= 0.3 is 5.97 Å². The van der Waals surface area contributed by atoms with Crippen LogP contribution in [0.5, 0.6) is 0 Å². The molecule has 82 valence electrons. The Labute approximate surface area is 89.1 Å². The van der Waals surface area contributed by atoms with Crippen LogP contribution in [0.3, 0.4) is 0 Å². The molecular weight excluding hydrogens is 192 g/mol. The summed E-state index contributed by atoms with van der Waals surface area (Å²) in [5.74, 6) is -0.967. The standard InChI is InChI=1S/C11H16N2O2/c1-2-13-9-5-3-8(4-6-9)7-10(12)11(14)15/h3-6,10,13H,2,7,12H2,1H3,(H,14,15). The van der Waals surface area contributed by atoms with Crippen LogP contribution in [0.2, 0.25) is 0 Å². The molecule has 0 aliphatic carbocycles. The van der Waals surface area contributed by atoms with Gasteiger partial charge in [0, 0.05) is 12.2 Å². The molecule has 0 bridgehead atoms. The molecular formula is C11H16N2O2. The first-order valence-electron chi connectivity index (χ1n) is 4.94. The summed E-state index contributed by atoms with van der Waals surface area (Å²) in [6.45, 7) is 2.89. The maximum absolute atomic E-state index is 10.5. The van der Waals surface area contributed by atoms with Gasteiger partial charge in [-0.3, -0.25) is 4.79 Å². The summed E-state index contributed by atoms with van der Waals surface area (Å²) in [4.78, 5) is 10.5. The molecule has 4 N–H and O–H groups in total. The molecule has 1 aromatic rings. The molecule has 0 amide bonds. The predicted molar refractivity (Wildman–Crippen MR) is 59.9 cm³/mol. The number of rotatable bonds is 5. The number of carboxylic acids is 1. The number of nitrogens with one attached hydrogen (secondary N) is 1. The van der Waals surface area contributed by atoms with Crippen LogP contribution in [0, 0.1) is 0 Å². The summed E-state index contributed by atoms with van der Waals surface area (Å²) in [6, 6.07) is 6.80. The lowest BCUT2D eigenvalue weighted by molar-refractivity contribution is -0.138. The van der Waals surface area contributed by atoms with E-state index in [-0.39, 0.29) is 0 Å². The van der Waals surface area contributed by atoms with Gasteiger partial charge in [-0.15, -0.1) is 0 Å². The second-order valence-electron chi connectivity index (χ2n) is 3.38. The quantitative estimate of drug-likeness (QED) is 0.676. The zero-order valence-electron chi connectivity index (χ0n) is 8.73. The van der Waals surface area contributed by atoms with Crippen LogP contribution in [0.15, 0.2) is 24.3 Å². The number of hydrogen-bond acceptors (Lipinski definition) is 3. The van der Waals surface area contributed by atoms with Crippen LogP contribution in [0.1, 0.15) is 12.5 Å². The Kier molecular flexibility index (Phi) is 4.12. The van der Waals surface area contributed by atoms with E-state index in [0.717, 1.165) is 17.8 Å². The molecule has 1 aromatic carbocycles. The van der Waals surface area contributed by atoms with Crippen molar-refractivity contribution in [3.05, 3.63) is 29.8 Å². The molecule has 0 radical (unpaired) electrons. The highest BCUT2D eigenvalue weighted by atomic mass is 16.4. The fourth-order valence-electron chi connectivity index (χ4n) is 1.30. The van der Waals surface area contributed by atoms with E-state index >= 15 is 0 Å². The molecule has 0 fully saturated rings. The summed E-state index contributed by atoms with van der Waals surface area (Å²) in [6.07, 6.45) is 0.363. The maximum Gasteiger partial charge on any atom is 0.320 e. The average molecular weight is 208 g/mol. The minimum absolute atomic E-state index is 0.363. The second kappa shape index (κ2) is 5.36. The minimum atomic E-state index is -0.967. The van der Waals surface area contributed by atoms with Crippen LogP contribution >= 0.6 is 0 Å². The monoisotopic (exact) mass is 208 g/mol. The Balaban J connectivity index is 2.60. The lowest BCUT2D eigenvalue weighted by Gasteiger charge is -2.07. The molecule has 1 rings (SSSR count). The Hall–Kier alpha value is -1.55. The number of carbonyl (C=O) groups is 1. The molecule has 0 heterocycles. The van der Waals surface area contributed by atoms with E-state index < -0.39 is 12.0 Å². The van der Waals surface area contributed by atoms with E-state index in [0.29, 0.717) is 6.42 Å². The van der Waals surface area contributed by atoms with E-state index in [1.807, 2.05) is 31.2 Å². The number of benzene rings is 1. The SMILES string of the molecule is CCNc1ccc(CC(N)C(=O)O)cc1. The topological polar surface area (TPSA) is 75.3 Å². The van der Waals surface area contributed by atoms with Crippen molar-refractivity contribution in [3.8, 4) is 0 Å². The first-order chi connectivity index (χ1) is 7.13. The molecule has 4 nitrogen and oxygen atoms in total. The molecule has 0 spiro atoms. The van der Waals surface area contributed by atoms with Gasteiger partial charge in [0.1, 0.15) is 6.04 Å². The zero-order chi connectivity index (χ0) is 11.3. The van der Waals surface area contributed by atoms with Crippen molar-refractivity contribution in [2.24, 2.45) is 5.73 Å². The summed E-state index contributed by atoms with van der Waals surface area (Å²) < 4.78 is 0. The van der Waals surface area contributed by atoms with Crippen molar-refractivity contribution in [1.29, 1.82) is 0 Å². The van der Waals surface area contributed by atoms with Gasteiger partial charge in [-0.25, -0.2) is 0 Å². The number of anilines is 1. The highest BCUT2D eigenvalue weighted by Gasteiger charge is 2.11. The molecule has 0 aromatic heterocycles. The molecule has 1 atom stereocenters. The van der Waals surface area contributed by atoms with Gasteiger partial charge in [-0.2, -0.15) is 0 Å². The third kappa shape index (κ3) is 3.59. The number of nitrogens with two attached hydrogens (primary N) is 1. The second-order valence-corrected chi connectivity index (χ2v) is 3.38. The normalized spacial score (nSPS) is 12.1. The smallest absolute Gasteiger partial charge is 0.320 e. The molecule has 1 unspecified atom stereocenters. The van der Waals surface area contributed by atoms with Gasteiger partial charge in [0.15, 0.2) is 0 Å². The highest BCUT2D eigenvalue weighted by molar-refractivity contribution is 5.73. The average Bonchev–Trinajstić information content (AvgIpc) is 2.21. The first-order valence-corrected chi connectivity index (χ1v) is 4.94. The third-order valence-electron chi connectivity index (χ3n) is 2.11. The van der Waals surface area contributed by atoms with Gasteiger partial charge in [-0.05, 0) is 31.0 Å². The first kappa shape index (κ1) is 11.5. The van der Waals surface area contributed by atoms with E-state index in [2.05, 4.69) is 5.32 Å². The molecule has 4 heteroatoms. The molecule has 0 saturated heterocycles. The summed E-state index contributed by atoms with van der Waals surface area (Å²) in [7, 11) is 0. The van der Waals surface area contributed by atoms with E-state index in [1.54, 1.807) is 0 Å². The summed E-state index contributed by atoms with van der Waals surface area (Å²) >= 11 is 0. The Morgan fingerprint density at radius 3 is 2.53 bits per heavy atom. The number of hydrogen-bond donors (Lipinski definition) is 3.